The topological polar surface area (TPSA) is 41.6 Å². The number of halogens is 1. The van der Waals surface area contributed by atoms with Crippen molar-refractivity contribution in [2.75, 3.05) is 19.6 Å². The van der Waals surface area contributed by atoms with Crippen LogP contribution < -0.4 is 10.1 Å². The van der Waals surface area contributed by atoms with E-state index in [0.717, 1.165) is 36.9 Å². The molecule has 1 fully saturated rings. The number of hydrogen-bond donors (Lipinski definition) is 1. The minimum atomic E-state index is -0.483. The van der Waals surface area contributed by atoms with Gasteiger partial charge in [-0.25, -0.2) is 0 Å². The lowest BCUT2D eigenvalue weighted by Gasteiger charge is -2.32. The summed E-state index contributed by atoms with van der Waals surface area (Å²) in [5.74, 6) is 0.670. The number of hydrogen-bond acceptors (Lipinski definition) is 3. The lowest BCUT2D eigenvalue weighted by molar-refractivity contribution is -0.128. The minimum Gasteiger partial charge on any atom is -0.481 e. The van der Waals surface area contributed by atoms with Crippen LogP contribution in [0.5, 0.6) is 5.75 Å². The highest BCUT2D eigenvalue weighted by molar-refractivity contribution is 9.10. The van der Waals surface area contributed by atoms with Crippen LogP contribution in [-0.2, 0) is 4.79 Å². The summed E-state index contributed by atoms with van der Waals surface area (Å²) >= 11 is 3.40. The van der Waals surface area contributed by atoms with Gasteiger partial charge < -0.3 is 15.0 Å². The van der Waals surface area contributed by atoms with E-state index in [-0.39, 0.29) is 11.9 Å². The highest BCUT2D eigenvalue weighted by atomic mass is 79.9. The molecule has 0 saturated carbocycles. The van der Waals surface area contributed by atoms with Crippen LogP contribution in [0.3, 0.4) is 0 Å². The van der Waals surface area contributed by atoms with Crippen LogP contribution in [0.25, 0.3) is 0 Å². The predicted octanol–water partition coefficient (Wildman–Crippen LogP) is 3.21. The molecular formula is C17H25BrN2O2. The fourth-order valence-electron chi connectivity index (χ4n) is 2.73. The molecule has 1 unspecified atom stereocenters. The van der Waals surface area contributed by atoms with E-state index in [0.29, 0.717) is 5.75 Å². The summed E-state index contributed by atoms with van der Waals surface area (Å²) in [6.07, 6.45) is 2.75. The SMILES string of the molecule is CCCN1CCC(NC(=O)C(C)Oc2cccc(Br)c2)CC1. The van der Waals surface area contributed by atoms with E-state index in [9.17, 15) is 4.79 Å². The van der Waals surface area contributed by atoms with E-state index in [1.165, 1.54) is 6.42 Å². The first-order chi connectivity index (χ1) is 10.6. The summed E-state index contributed by atoms with van der Waals surface area (Å²) in [6, 6.07) is 7.83. The number of likely N-dealkylation sites (tertiary alicyclic amines) is 1. The van der Waals surface area contributed by atoms with E-state index in [4.69, 9.17) is 4.74 Å². The number of ether oxygens (including phenoxy) is 1. The highest BCUT2D eigenvalue weighted by Crippen LogP contribution is 2.19. The molecule has 22 heavy (non-hydrogen) atoms. The van der Waals surface area contributed by atoms with E-state index < -0.39 is 6.10 Å². The first kappa shape index (κ1) is 17.3. The monoisotopic (exact) mass is 368 g/mol. The molecule has 1 N–H and O–H groups in total. The van der Waals surface area contributed by atoms with E-state index in [1.807, 2.05) is 24.3 Å². The van der Waals surface area contributed by atoms with Gasteiger partial charge in [0.2, 0.25) is 0 Å². The maximum absolute atomic E-state index is 12.2. The molecule has 0 aromatic heterocycles. The normalized spacial score (nSPS) is 18.0. The standard InChI is InChI=1S/C17H25BrN2O2/c1-3-9-20-10-7-15(8-11-20)19-17(21)13(2)22-16-6-4-5-14(18)12-16/h4-6,12-13,15H,3,7-11H2,1-2H3,(H,19,21). The summed E-state index contributed by atoms with van der Waals surface area (Å²) < 4.78 is 6.65. The van der Waals surface area contributed by atoms with Crippen LogP contribution in [0.15, 0.2) is 28.7 Å². The van der Waals surface area contributed by atoms with Crippen molar-refractivity contribution in [1.82, 2.24) is 10.2 Å². The molecule has 1 aromatic rings. The van der Waals surface area contributed by atoms with Crippen molar-refractivity contribution >= 4 is 21.8 Å². The average molecular weight is 369 g/mol. The largest absolute Gasteiger partial charge is 0.481 e. The number of amides is 1. The van der Waals surface area contributed by atoms with Crippen LogP contribution in [0.1, 0.15) is 33.1 Å². The van der Waals surface area contributed by atoms with Crippen LogP contribution in [-0.4, -0.2) is 42.6 Å². The smallest absolute Gasteiger partial charge is 0.260 e. The van der Waals surface area contributed by atoms with Crippen molar-refractivity contribution in [1.29, 1.82) is 0 Å². The lowest BCUT2D eigenvalue weighted by Crippen LogP contribution is -2.48. The van der Waals surface area contributed by atoms with Gasteiger partial charge in [0, 0.05) is 23.6 Å². The summed E-state index contributed by atoms with van der Waals surface area (Å²) in [5.41, 5.74) is 0. The Balaban J connectivity index is 1.77. The van der Waals surface area contributed by atoms with Crippen LogP contribution >= 0.6 is 15.9 Å². The second-order valence-electron chi connectivity index (χ2n) is 5.84. The zero-order valence-corrected chi connectivity index (χ0v) is 14.9. The molecule has 1 aliphatic heterocycles. The van der Waals surface area contributed by atoms with Gasteiger partial charge in [-0.1, -0.05) is 28.9 Å². The Morgan fingerprint density at radius 2 is 2.18 bits per heavy atom. The Morgan fingerprint density at radius 3 is 2.82 bits per heavy atom. The number of nitrogens with zero attached hydrogens (tertiary/aromatic N) is 1. The Bertz CT molecular complexity index is 487. The molecule has 0 bridgehead atoms. The fourth-order valence-corrected chi connectivity index (χ4v) is 3.11. The van der Waals surface area contributed by atoms with Crippen LogP contribution in [0.2, 0.25) is 0 Å². The lowest BCUT2D eigenvalue weighted by atomic mass is 10.0. The molecule has 0 radical (unpaired) electrons. The third-order valence-corrected chi connectivity index (χ3v) is 4.45. The summed E-state index contributed by atoms with van der Waals surface area (Å²) in [4.78, 5) is 14.7. The van der Waals surface area contributed by atoms with E-state index in [1.54, 1.807) is 6.92 Å². The van der Waals surface area contributed by atoms with Crippen molar-refractivity contribution in [3.05, 3.63) is 28.7 Å². The molecule has 0 aliphatic carbocycles. The number of carbonyl (C=O) groups excluding carboxylic acids is 1. The Kier molecular flexibility index (Phi) is 6.70. The first-order valence-electron chi connectivity index (χ1n) is 8.03. The number of piperidine rings is 1. The molecule has 1 saturated heterocycles. The van der Waals surface area contributed by atoms with Crippen molar-refractivity contribution in [2.45, 2.75) is 45.3 Å². The maximum atomic E-state index is 12.2. The quantitative estimate of drug-likeness (QED) is 0.837. The minimum absolute atomic E-state index is 0.0334. The van der Waals surface area contributed by atoms with Gasteiger partial charge >= 0.3 is 0 Å². The second-order valence-corrected chi connectivity index (χ2v) is 6.76. The van der Waals surface area contributed by atoms with Crippen molar-refractivity contribution in [3.63, 3.8) is 0 Å². The number of nitrogens with one attached hydrogen (secondary N) is 1. The third-order valence-electron chi connectivity index (χ3n) is 3.95. The summed E-state index contributed by atoms with van der Waals surface area (Å²) in [6.45, 7) is 7.29. The van der Waals surface area contributed by atoms with Gasteiger partial charge in [0.15, 0.2) is 6.10 Å². The van der Waals surface area contributed by atoms with Gasteiger partial charge in [0.05, 0.1) is 0 Å². The zero-order chi connectivity index (χ0) is 15.9. The molecule has 122 valence electrons. The summed E-state index contributed by atoms with van der Waals surface area (Å²) in [7, 11) is 0. The molecule has 1 atom stereocenters. The number of rotatable bonds is 6. The molecule has 5 heteroatoms. The average Bonchev–Trinajstić information content (AvgIpc) is 2.49. The van der Waals surface area contributed by atoms with Gasteiger partial charge in [-0.15, -0.1) is 0 Å². The van der Waals surface area contributed by atoms with Gasteiger partial charge in [-0.05, 0) is 50.9 Å². The van der Waals surface area contributed by atoms with E-state index in [2.05, 4.69) is 33.1 Å². The Hall–Kier alpha value is -1.07. The third kappa shape index (κ3) is 5.29. The van der Waals surface area contributed by atoms with Crippen molar-refractivity contribution < 1.29 is 9.53 Å². The molecule has 2 rings (SSSR count). The van der Waals surface area contributed by atoms with Crippen molar-refractivity contribution in [3.8, 4) is 5.75 Å². The van der Waals surface area contributed by atoms with Crippen molar-refractivity contribution in [2.24, 2.45) is 0 Å². The van der Waals surface area contributed by atoms with Crippen LogP contribution in [0.4, 0.5) is 0 Å². The zero-order valence-electron chi connectivity index (χ0n) is 13.3. The van der Waals surface area contributed by atoms with Gasteiger partial charge in [-0.2, -0.15) is 0 Å². The molecule has 1 aromatic carbocycles. The predicted molar refractivity (Wildman–Crippen MR) is 92.1 cm³/mol. The fraction of sp³-hybridized carbons (Fsp3) is 0.588. The van der Waals surface area contributed by atoms with Gasteiger partial charge in [0.1, 0.15) is 5.75 Å². The molecule has 1 heterocycles. The molecule has 0 spiro atoms. The number of benzene rings is 1. The van der Waals surface area contributed by atoms with E-state index >= 15 is 0 Å². The molecular weight excluding hydrogens is 344 g/mol. The Morgan fingerprint density at radius 1 is 1.45 bits per heavy atom. The molecule has 4 nitrogen and oxygen atoms in total. The number of carbonyl (C=O) groups is 1. The van der Waals surface area contributed by atoms with Crippen LogP contribution in [0, 0.1) is 0 Å². The summed E-state index contributed by atoms with van der Waals surface area (Å²) in [5, 5.41) is 3.11. The Labute approximate surface area is 141 Å². The first-order valence-corrected chi connectivity index (χ1v) is 8.82. The highest BCUT2D eigenvalue weighted by Gasteiger charge is 2.23. The molecule has 1 aliphatic rings. The van der Waals surface area contributed by atoms with Gasteiger partial charge in [-0.3, -0.25) is 4.79 Å². The maximum Gasteiger partial charge on any atom is 0.260 e. The molecule has 1 amide bonds. The van der Waals surface area contributed by atoms with Gasteiger partial charge in [0.25, 0.3) is 5.91 Å². The second kappa shape index (κ2) is 8.53.